The molecule has 0 aromatic rings. The van der Waals surface area contributed by atoms with E-state index in [0.717, 1.165) is 19.3 Å². The number of amides is 3. The lowest BCUT2D eigenvalue weighted by Crippen LogP contribution is -2.49. The molecule has 0 spiro atoms. The lowest BCUT2D eigenvalue weighted by atomic mass is 9.92. The Balaban J connectivity index is 1.55. The van der Waals surface area contributed by atoms with Gasteiger partial charge in [-0.1, -0.05) is 12.2 Å². The quantitative estimate of drug-likeness (QED) is 0.720. The average Bonchev–Trinajstić information content (AvgIpc) is 2.87. The number of piperidine rings is 1. The van der Waals surface area contributed by atoms with E-state index >= 15 is 0 Å². The molecule has 3 aliphatic rings. The van der Waals surface area contributed by atoms with E-state index in [-0.39, 0.29) is 30.4 Å². The Hall–Kier alpha value is -1.85. The molecule has 2 fully saturated rings. The standard InChI is InChI=1S/C15H20N2O4/c18-13-10-21-15(20)17(13)12-6-8-16(9-7-12)14(19)11-4-2-1-3-5-11/h1-2,11-12H,3-10H2. The van der Waals surface area contributed by atoms with Gasteiger partial charge in [0.05, 0.1) is 0 Å². The number of cyclic esters (lactones) is 1. The number of likely N-dealkylation sites (tertiary alicyclic amines) is 1. The first-order valence-corrected chi connectivity index (χ1v) is 7.59. The summed E-state index contributed by atoms with van der Waals surface area (Å²) in [7, 11) is 0. The van der Waals surface area contributed by atoms with Crippen LogP contribution in [-0.4, -0.2) is 53.4 Å². The fraction of sp³-hybridized carbons (Fsp3) is 0.667. The third-order valence-electron chi connectivity index (χ3n) is 4.54. The summed E-state index contributed by atoms with van der Waals surface area (Å²) in [5, 5.41) is 0. The lowest BCUT2D eigenvalue weighted by Gasteiger charge is -2.36. The van der Waals surface area contributed by atoms with Gasteiger partial charge in [0, 0.05) is 25.0 Å². The van der Waals surface area contributed by atoms with Crippen LogP contribution in [0.2, 0.25) is 0 Å². The molecule has 2 aliphatic heterocycles. The number of imide groups is 1. The van der Waals surface area contributed by atoms with Crippen molar-refractivity contribution >= 4 is 17.9 Å². The second-order valence-electron chi connectivity index (χ2n) is 5.86. The molecule has 0 saturated carbocycles. The summed E-state index contributed by atoms with van der Waals surface area (Å²) < 4.78 is 4.75. The Morgan fingerprint density at radius 1 is 1.14 bits per heavy atom. The Bertz CT molecular complexity index is 464. The van der Waals surface area contributed by atoms with Crippen molar-refractivity contribution in [2.45, 2.75) is 38.1 Å². The molecule has 1 unspecified atom stereocenters. The van der Waals surface area contributed by atoms with E-state index in [1.165, 1.54) is 4.90 Å². The average molecular weight is 292 g/mol. The van der Waals surface area contributed by atoms with E-state index in [4.69, 9.17) is 4.74 Å². The number of hydrogen-bond donors (Lipinski definition) is 0. The van der Waals surface area contributed by atoms with Crippen molar-refractivity contribution in [2.24, 2.45) is 5.92 Å². The van der Waals surface area contributed by atoms with Gasteiger partial charge in [0.15, 0.2) is 6.61 Å². The number of carbonyl (C=O) groups is 3. The van der Waals surface area contributed by atoms with Gasteiger partial charge in [-0.25, -0.2) is 9.69 Å². The third kappa shape index (κ3) is 2.80. The van der Waals surface area contributed by atoms with Crippen LogP contribution in [-0.2, 0) is 14.3 Å². The largest absolute Gasteiger partial charge is 0.439 e. The highest BCUT2D eigenvalue weighted by molar-refractivity contribution is 5.98. The Kier molecular flexibility index (Phi) is 3.94. The number of carbonyl (C=O) groups excluding carboxylic acids is 3. The van der Waals surface area contributed by atoms with Crippen molar-refractivity contribution in [3.05, 3.63) is 12.2 Å². The maximum atomic E-state index is 12.4. The van der Waals surface area contributed by atoms with Gasteiger partial charge < -0.3 is 9.64 Å². The first-order valence-electron chi connectivity index (χ1n) is 7.59. The molecule has 21 heavy (non-hydrogen) atoms. The normalized spacial score (nSPS) is 27.1. The number of nitrogens with zero attached hydrogens (tertiary/aromatic N) is 2. The van der Waals surface area contributed by atoms with Crippen LogP contribution >= 0.6 is 0 Å². The van der Waals surface area contributed by atoms with Crippen molar-refractivity contribution in [1.29, 1.82) is 0 Å². The predicted octanol–water partition coefficient (Wildman–Crippen LogP) is 1.31. The summed E-state index contributed by atoms with van der Waals surface area (Å²) in [6, 6.07) is -0.122. The second kappa shape index (κ2) is 5.87. The van der Waals surface area contributed by atoms with Crippen LogP contribution in [0.15, 0.2) is 12.2 Å². The Morgan fingerprint density at radius 3 is 2.48 bits per heavy atom. The maximum Gasteiger partial charge on any atom is 0.417 e. The molecule has 0 N–H and O–H groups in total. The zero-order chi connectivity index (χ0) is 14.8. The molecule has 2 saturated heterocycles. The minimum atomic E-state index is -0.540. The molecule has 0 aromatic carbocycles. The highest BCUT2D eigenvalue weighted by Crippen LogP contribution is 2.25. The van der Waals surface area contributed by atoms with Crippen LogP contribution in [0.5, 0.6) is 0 Å². The van der Waals surface area contributed by atoms with Crippen LogP contribution in [0.25, 0.3) is 0 Å². The van der Waals surface area contributed by atoms with Crippen molar-refractivity contribution in [3.8, 4) is 0 Å². The molecular formula is C15H20N2O4. The summed E-state index contributed by atoms with van der Waals surface area (Å²) in [4.78, 5) is 38.7. The summed E-state index contributed by atoms with van der Waals surface area (Å²) in [6.45, 7) is 1.08. The van der Waals surface area contributed by atoms with Crippen molar-refractivity contribution in [2.75, 3.05) is 19.7 Å². The molecule has 1 aliphatic carbocycles. The summed E-state index contributed by atoms with van der Waals surface area (Å²) >= 11 is 0. The summed E-state index contributed by atoms with van der Waals surface area (Å²) in [5.74, 6) is 0.0558. The summed E-state index contributed by atoms with van der Waals surface area (Å²) in [6.07, 6.45) is 7.69. The SMILES string of the molecule is O=C(C1CC=CCC1)N1CCC(N2C(=O)COC2=O)CC1. The molecule has 3 rings (SSSR count). The molecule has 0 aromatic heterocycles. The van der Waals surface area contributed by atoms with E-state index in [1.807, 2.05) is 4.90 Å². The van der Waals surface area contributed by atoms with Crippen LogP contribution in [0, 0.1) is 5.92 Å². The fourth-order valence-corrected chi connectivity index (χ4v) is 3.34. The molecule has 6 heteroatoms. The van der Waals surface area contributed by atoms with Gasteiger partial charge in [-0.3, -0.25) is 9.59 Å². The van der Waals surface area contributed by atoms with E-state index in [2.05, 4.69) is 12.2 Å². The smallest absolute Gasteiger partial charge is 0.417 e. The minimum absolute atomic E-state index is 0.102. The van der Waals surface area contributed by atoms with Crippen molar-refractivity contribution in [3.63, 3.8) is 0 Å². The van der Waals surface area contributed by atoms with Crippen LogP contribution in [0.1, 0.15) is 32.1 Å². The maximum absolute atomic E-state index is 12.4. The third-order valence-corrected chi connectivity index (χ3v) is 4.54. The second-order valence-corrected chi connectivity index (χ2v) is 5.86. The molecular weight excluding hydrogens is 272 g/mol. The monoisotopic (exact) mass is 292 g/mol. The van der Waals surface area contributed by atoms with E-state index in [0.29, 0.717) is 25.9 Å². The van der Waals surface area contributed by atoms with Gasteiger partial charge >= 0.3 is 6.09 Å². The molecule has 114 valence electrons. The van der Waals surface area contributed by atoms with E-state index in [1.54, 1.807) is 0 Å². The minimum Gasteiger partial charge on any atom is -0.439 e. The molecule has 6 nitrogen and oxygen atoms in total. The van der Waals surface area contributed by atoms with Gasteiger partial charge in [-0.2, -0.15) is 0 Å². The number of rotatable bonds is 2. The first kappa shape index (κ1) is 14.1. The van der Waals surface area contributed by atoms with Gasteiger partial charge in [0.2, 0.25) is 5.91 Å². The van der Waals surface area contributed by atoms with Gasteiger partial charge in [-0.05, 0) is 32.1 Å². The highest BCUT2D eigenvalue weighted by Gasteiger charge is 2.39. The van der Waals surface area contributed by atoms with Gasteiger partial charge in [-0.15, -0.1) is 0 Å². The van der Waals surface area contributed by atoms with Crippen LogP contribution < -0.4 is 0 Å². The zero-order valence-corrected chi connectivity index (χ0v) is 12.0. The highest BCUT2D eigenvalue weighted by atomic mass is 16.6. The number of allylic oxidation sites excluding steroid dienone is 2. The van der Waals surface area contributed by atoms with Crippen molar-refractivity contribution < 1.29 is 19.1 Å². The molecule has 3 amide bonds. The van der Waals surface area contributed by atoms with Gasteiger partial charge in [0.25, 0.3) is 5.91 Å². The molecule has 0 bridgehead atoms. The van der Waals surface area contributed by atoms with Crippen molar-refractivity contribution in [1.82, 2.24) is 9.80 Å². The number of ether oxygens (including phenoxy) is 1. The Morgan fingerprint density at radius 2 is 1.90 bits per heavy atom. The van der Waals surface area contributed by atoms with Crippen LogP contribution in [0.4, 0.5) is 4.79 Å². The van der Waals surface area contributed by atoms with E-state index in [9.17, 15) is 14.4 Å². The first-order chi connectivity index (χ1) is 10.2. The number of hydrogen-bond acceptors (Lipinski definition) is 4. The van der Waals surface area contributed by atoms with Gasteiger partial charge in [0.1, 0.15) is 0 Å². The topological polar surface area (TPSA) is 66.9 Å². The molecule has 0 radical (unpaired) electrons. The zero-order valence-electron chi connectivity index (χ0n) is 12.0. The lowest BCUT2D eigenvalue weighted by molar-refractivity contribution is -0.137. The molecule has 1 atom stereocenters. The Labute approximate surface area is 123 Å². The predicted molar refractivity (Wildman–Crippen MR) is 74.3 cm³/mol. The fourth-order valence-electron chi connectivity index (χ4n) is 3.34. The van der Waals surface area contributed by atoms with Crippen LogP contribution in [0.3, 0.4) is 0 Å². The molecule has 2 heterocycles. The van der Waals surface area contributed by atoms with E-state index < -0.39 is 6.09 Å². The summed E-state index contributed by atoms with van der Waals surface area (Å²) in [5.41, 5.74) is 0.